The van der Waals surface area contributed by atoms with E-state index in [2.05, 4.69) is 14.6 Å². The molecule has 0 aliphatic heterocycles. The molecule has 106 valence electrons. The highest BCUT2D eigenvalue weighted by atomic mass is 32.1. The summed E-state index contributed by atoms with van der Waals surface area (Å²) in [6.45, 7) is 4.69. The van der Waals surface area contributed by atoms with Crippen molar-refractivity contribution in [2.75, 3.05) is 6.61 Å². The van der Waals surface area contributed by atoms with Gasteiger partial charge in [-0.2, -0.15) is 0 Å². The highest BCUT2D eigenvalue weighted by Gasteiger charge is 2.18. The molecule has 2 rings (SSSR count). The van der Waals surface area contributed by atoms with E-state index in [9.17, 15) is 4.79 Å². The fourth-order valence-corrected chi connectivity index (χ4v) is 2.42. The predicted octanol–water partition coefficient (Wildman–Crippen LogP) is 2.91. The highest BCUT2D eigenvalue weighted by molar-refractivity contribution is 7.08. The van der Waals surface area contributed by atoms with Crippen LogP contribution in [0.3, 0.4) is 0 Å². The Morgan fingerprint density at radius 3 is 2.90 bits per heavy atom. The molecule has 20 heavy (non-hydrogen) atoms. The van der Waals surface area contributed by atoms with E-state index in [0.717, 1.165) is 36.5 Å². The van der Waals surface area contributed by atoms with E-state index in [4.69, 9.17) is 4.74 Å². The van der Waals surface area contributed by atoms with Gasteiger partial charge in [-0.25, -0.2) is 0 Å². The second kappa shape index (κ2) is 7.09. The highest BCUT2D eigenvalue weighted by Crippen LogP contribution is 2.20. The summed E-state index contributed by atoms with van der Waals surface area (Å²) < 4.78 is 9.38. The van der Waals surface area contributed by atoms with Gasteiger partial charge in [0.1, 0.15) is 10.6 Å². The van der Waals surface area contributed by atoms with E-state index in [1.807, 2.05) is 13.8 Å². The number of hydrogen-bond acceptors (Lipinski definition) is 6. The van der Waals surface area contributed by atoms with Gasteiger partial charge < -0.3 is 4.74 Å². The molecule has 0 saturated heterocycles. The second-order valence-corrected chi connectivity index (χ2v) is 5.14. The lowest BCUT2D eigenvalue weighted by atomic mass is 10.1. The lowest BCUT2D eigenvalue weighted by molar-refractivity contribution is 0.104. The number of ether oxygens (including phenoxy) is 1. The van der Waals surface area contributed by atoms with Crippen molar-refractivity contribution >= 4 is 17.3 Å². The number of nitrogens with zero attached hydrogens (tertiary/aromatic N) is 3. The molecule has 2 aromatic heterocycles. The zero-order chi connectivity index (χ0) is 14.4. The Morgan fingerprint density at radius 2 is 2.15 bits per heavy atom. The van der Waals surface area contributed by atoms with Crippen LogP contribution in [0.5, 0.6) is 5.75 Å². The molecular weight excluding hydrogens is 274 g/mol. The summed E-state index contributed by atoms with van der Waals surface area (Å²) >= 11 is 1.14. The molecule has 0 aliphatic rings. The van der Waals surface area contributed by atoms with Gasteiger partial charge in [-0.05, 0) is 30.4 Å². The lowest BCUT2D eigenvalue weighted by Gasteiger charge is -2.05. The van der Waals surface area contributed by atoms with Crippen LogP contribution in [0.15, 0.2) is 18.5 Å². The summed E-state index contributed by atoms with van der Waals surface area (Å²) in [6, 6.07) is 1.72. The van der Waals surface area contributed by atoms with Crippen LogP contribution >= 0.6 is 11.5 Å². The van der Waals surface area contributed by atoms with E-state index >= 15 is 0 Å². The zero-order valence-electron chi connectivity index (χ0n) is 11.6. The molecule has 0 saturated carbocycles. The SMILES string of the molecule is CCCOc1cncc(C(=O)c2snnc2CCC)c1. The zero-order valence-corrected chi connectivity index (χ0v) is 12.4. The van der Waals surface area contributed by atoms with Crippen molar-refractivity contribution in [3.8, 4) is 5.75 Å². The fourth-order valence-electron chi connectivity index (χ4n) is 1.75. The molecule has 2 aromatic rings. The van der Waals surface area contributed by atoms with E-state index in [1.54, 1.807) is 18.5 Å². The Morgan fingerprint density at radius 1 is 1.30 bits per heavy atom. The van der Waals surface area contributed by atoms with Gasteiger partial charge in [-0.15, -0.1) is 5.10 Å². The number of carbonyl (C=O) groups is 1. The van der Waals surface area contributed by atoms with Crippen molar-refractivity contribution in [3.05, 3.63) is 34.6 Å². The quantitative estimate of drug-likeness (QED) is 0.734. The minimum Gasteiger partial charge on any atom is -0.492 e. The van der Waals surface area contributed by atoms with Crippen LogP contribution in [-0.2, 0) is 6.42 Å². The van der Waals surface area contributed by atoms with Gasteiger partial charge in [-0.3, -0.25) is 9.78 Å². The number of carbonyl (C=O) groups excluding carboxylic acids is 1. The molecule has 0 spiro atoms. The van der Waals surface area contributed by atoms with Crippen molar-refractivity contribution in [2.24, 2.45) is 0 Å². The molecule has 0 amide bonds. The Bertz CT molecular complexity index is 583. The van der Waals surface area contributed by atoms with Crippen molar-refractivity contribution in [1.82, 2.24) is 14.6 Å². The van der Waals surface area contributed by atoms with Crippen molar-refractivity contribution in [2.45, 2.75) is 33.1 Å². The molecule has 0 atom stereocenters. The number of ketones is 1. The third-order valence-electron chi connectivity index (χ3n) is 2.70. The molecule has 5 nitrogen and oxygen atoms in total. The van der Waals surface area contributed by atoms with Crippen molar-refractivity contribution in [1.29, 1.82) is 0 Å². The Kier molecular flexibility index (Phi) is 5.17. The largest absolute Gasteiger partial charge is 0.492 e. The van der Waals surface area contributed by atoms with Gasteiger partial charge in [0.2, 0.25) is 5.78 Å². The molecule has 0 fully saturated rings. The number of aromatic nitrogens is 3. The van der Waals surface area contributed by atoms with Crippen LogP contribution < -0.4 is 4.74 Å². The van der Waals surface area contributed by atoms with E-state index in [1.165, 1.54) is 0 Å². The minimum atomic E-state index is -0.0853. The van der Waals surface area contributed by atoms with Gasteiger partial charge in [0.25, 0.3) is 0 Å². The van der Waals surface area contributed by atoms with Gasteiger partial charge in [0, 0.05) is 11.8 Å². The molecule has 0 bridgehead atoms. The molecule has 6 heteroatoms. The summed E-state index contributed by atoms with van der Waals surface area (Å²) in [4.78, 5) is 17.1. The third-order valence-corrected chi connectivity index (χ3v) is 3.46. The summed E-state index contributed by atoms with van der Waals surface area (Å²) in [6.07, 6.45) is 5.78. The first-order valence-electron chi connectivity index (χ1n) is 6.70. The number of pyridine rings is 1. The topological polar surface area (TPSA) is 65.0 Å². The molecule has 0 unspecified atom stereocenters. The summed E-state index contributed by atoms with van der Waals surface area (Å²) in [7, 11) is 0. The first kappa shape index (κ1) is 14.6. The minimum absolute atomic E-state index is 0.0853. The predicted molar refractivity (Wildman–Crippen MR) is 77.4 cm³/mol. The standard InChI is InChI=1S/C14H17N3O2S/c1-3-5-12-14(20-17-16-12)13(18)10-7-11(9-15-8-10)19-6-4-2/h7-9H,3-6H2,1-2H3. The summed E-state index contributed by atoms with van der Waals surface area (Å²) in [5.74, 6) is 0.533. The maximum absolute atomic E-state index is 12.5. The average molecular weight is 291 g/mol. The number of hydrogen-bond donors (Lipinski definition) is 0. The fraction of sp³-hybridized carbons (Fsp3) is 0.429. The van der Waals surface area contributed by atoms with E-state index in [0.29, 0.717) is 22.8 Å². The average Bonchev–Trinajstić information content (AvgIpc) is 2.93. The van der Waals surface area contributed by atoms with Gasteiger partial charge in [-0.1, -0.05) is 24.8 Å². The first-order chi connectivity index (χ1) is 9.76. The van der Waals surface area contributed by atoms with E-state index < -0.39 is 0 Å². The lowest BCUT2D eigenvalue weighted by Crippen LogP contribution is -2.04. The first-order valence-corrected chi connectivity index (χ1v) is 7.47. The maximum Gasteiger partial charge on any atom is 0.208 e. The monoisotopic (exact) mass is 291 g/mol. The van der Waals surface area contributed by atoms with Crippen LogP contribution in [0.4, 0.5) is 0 Å². The molecule has 0 aromatic carbocycles. The maximum atomic E-state index is 12.5. The Hall–Kier alpha value is -1.82. The molecule has 2 heterocycles. The van der Waals surface area contributed by atoms with Crippen LogP contribution in [0.25, 0.3) is 0 Å². The van der Waals surface area contributed by atoms with Crippen LogP contribution in [0.1, 0.15) is 47.6 Å². The molecular formula is C14H17N3O2S. The van der Waals surface area contributed by atoms with Crippen LogP contribution in [0, 0.1) is 0 Å². The van der Waals surface area contributed by atoms with Gasteiger partial charge in [0.15, 0.2) is 0 Å². The smallest absolute Gasteiger partial charge is 0.208 e. The number of aryl methyl sites for hydroxylation is 1. The summed E-state index contributed by atoms with van der Waals surface area (Å²) in [5, 5.41) is 4.02. The Labute approximate surface area is 122 Å². The Balaban J connectivity index is 2.22. The van der Waals surface area contributed by atoms with Crippen molar-refractivity contribution < 1.29 is 9.53 Å². The molecule has 0 radical (unpaired) electrons. The van der Waals surface area contributed by atoms with Crippen LogP contribution in [-0.4, -0.2) is 27.0 Å². The normalized spacial score (nSPS) is 10.5. The third kappa shape index (κ3) is 3.39. The van der Waals surface area contributed by atoms with Crippen LogP contribution in [0.2, 0.25) is 0 Å². The number of rotatable bonds is 7. The van der Waals surface area contributed by atoms with Crippen molar-refractivity contribution in [3.63, 3.8) is 0 Å². The second-order valence-electron chi connectivity index (χ2n) is 4.39. The van der Waals surface area contributed by atoms with Gasteiger partial charge in [0.05, 0.1) is 18.5 Å². The summed E-state index contributed by atoms with van der Waals surface area (Å²) in [5.41, 5.74) is 1.28. The van der Waals surface area contributed by atoms with E-state index in [-0.39, 0.29) is 5.78 Å². The molecule has 0 N–H and O–H groups in total. The molecule has 0 aliphatic carbocycles. The van der Waals surface area contributed by atoms with Gasteiger partial charge >= 0.3 is 0 Å².